The maximum atomic E-state index is 10.4. The van der Waals surface area contributed by atoms with E-state index in [1.807, 2.05) is 18.2 Å². The smallest absolute Gasteiger partial charge is 0.121 e. The average molecular weight is 419 g/mol. The third kappa shape index (κ3) is 9.72. The quantitative estimate of drug-likeness (QED) is 0.309. The summed E-state index contributed by atoms with van der Waals surface area (Å²) in [6.07, 6.45) is 3.65. The summed E-state index contributed by atoms with van der Waals surface area (Å²) in [5.41, 5.74) is 1.80. The highest BCUT2D eigenvalue weighted by Crippen LogP contribution is 2.22. The Bertz CT molecular complexity index is 819. The van der Waals surface area contributed by atoms with Crippen LogP contribution in [0.5, 0.6) is 5.75 Å². The molecule has 0 aliphatic heterocycles. The molecule has 30 heavy (non-hydrogen) atoms. The second kappa shape index (κ2) is 15.0. The molecule has 0 aromatic heterocycles. The molecule has 0 aliphatic carbocycles. The van der Waals surface area contributed by atoms with Crippen LogP contribution >= 0.6 is 0 Å². The largest absolute Gasteiger partial charge is 0.508 e. The predicted octanol–water partition coefficient (Wildman–Crippen LogP) is 4.11. The summed E-state index contributed by atoms with van der Waals surface area (Å²) in [5, 5.41) is 32.3. The number of aromatic hydroxyl groups is 1. The second-order valence-corrected chi connectivity index (χ2v) is 7.37. The zero-order valence-corrected chi connectivity index (χ0v) is 17.6. The summed E-state index contributed by atoms with van der Waals surface area (Å²) in [7, 11) is 0. The standard InChI is InChI=1S/C25H37NO4/c27-20-23-18-22(13-14-24(23)28)25(29)19-26-15-7-1-2-8-16-30-17-9-6-12-21-10-4-3-5-11-21/h3-5,10-11,13-14,18,25-29H,1-2,6-9,12,15-17,19-20H2/i17D2,25D. The maximum Gasteiger partial charge on any atom is 0.121 e. The second-order valence-electron chi connectivity index (χ2n) is 7.37. The zero-order valence-electron chi connectivity index (χ0n) is 20.6. The van der Waals surface area contributed by atoms with Gasteiger partial charge in [-0.05, 0) is 61.9 Å². The molecule has 0 radical (unpaired) electrons. The fraction of sp³-hybridized carbons (Fsp3) is 0.520. The minimum Gasteiger partial charge on any atom is -0.508 e. The third-order valence-electron chi connectivity index (χ3n) is 4.91. The van der Waals surface area contributed by atoms with Gasteiger partial charge < -0.3 is 25.4 Å². The molecule has 0 bridgehead atoms. The van der Waals surface area contributed by atoms with Gasteiger partial charge in [0.05, 0.1) is 16.8 Å². The minimum absolute atomic E-state index is 0.0366. The number of rotatable bonds is 16. The maximum absolute atomic E-state index is 10.4. The Labute approximate surface area is 184 Å². The Balaban J connectivity index is 1.52. The van der Waals surface area contributed by atoms with Crippen molar-refractivity contribution in [3.8, 4) is 5.75 Å². The molecular weight excluding hydrogens is 378 g/mol. The lowest BCUT2D eigenvalue weighted by molar-refractivity contribution is 0.126. The van der Waals surface area contributed by atoms with Crippen molar-refractivity contribution in [1.29, 1.82) is 0 Å². The zero-order chi connectivity index (χ0) is 24.2. The van der Waals surface area contributed by atoms with E-state index >= 15 is 0 Å². The molecular formula is C25H37NO4. The number of phenols is 1. The van der Waals surface area contributed by atoms with Crippen LogP contribution in [0.2, 0.25) is 0 Å². The van der Waals surface area contributed by atoms with Crippen LogP contribution in [0.3, 0.4) is 0 Å². The molecule has 0 saturated carbocycles. The van der Waals surface area contributed by atoms with Crippen LogP contribution in [0.25, 0.3) is 0 Å². The number of benzene rings is 2. The van der Waals surface area contributed by atoms with Gasteiger partial charge >= 0.3 is 0 Å². The molecule has 0 amide bonds. The molecule has 2 aromatic carbocycles. The van der Waals surface area contributed by atoms with Crippen molar-refractivity contribution in [2.45, 2.75) is 57.6 Å². The summed E-state index contributed by atoms with van der Waals surface area (Å²) in [5.74, 6) is -0.0609. The lowest BCUT2D eigenvalue weighted by Crippen LogP contribution is -2.22. The number of aryl methyl sites for hydroxylation is 1. The van der Waals surface area contributed by atoms with E-state index in [1.54, 1.807) is 0 Å². The Morgan fingerprint density at radius 1 is 1.00 bits per heavy atom. The van der Waals surface area contributed by atoms with Crippen molar-refractivity contribution in [2.75, 3.05) is 26.3 Å². The molecule has 2 rings (SSSR count). The van der Waals surface area contributed by atoms with E-state index in [2.05, 4.69) is 17.4 Å². The monoisotopic (exact) mass is 418 g/mol. The molecule has 0 aliphatic rings. The minimum atomic E-state index is -1.85. The van der Waals surface area contributed by atoms with Gasteiger partial charge in [0, 0.05) is 25.3 Å². The van der Waals surface area contributed by atoms with Gasteiger partial charge in [0.15, 0.2) is 0 Å². The molecule has 0 heterocycles. The first-order valence-corrected chi connectivity index (χ1v) is 10.8. The molecule has 5 heteroatoms. The predicted molar refractivity (Wildman–Crippen MR) is 121 cm³/mol. The van der Waals surface area contributed by atoms with E-state index in [1.165, 1.54) is 23.8 Å². The highest BCUT2D eigenvalue weighted by Gasteiger charge is 2.09. The lowest BCUT2D eigenvalue weighted by Gasteiger charge is -2.14. The van der Waals surface area contributed by atoms with Crippen LogP contribution in [0.15, 0.2) is 48.5 Å². The fourth-order valence-electron chi connectivity index (χ4n) is 3.13. The van der Waals surface area contributed by atoms with Crippen molar-refractivity contribution in [2.24, 2.45) is 0 Å². The Morgan fingerprint density at radius 3 is 2.60 bits per heavy atom. The van der Waals surface area contributed by atoms with Crippen LogP contribution in [0.1, 0.15) is 65.4 Å². The first-order valence-electron chi connectivity index (χ1n) is 12.3. The fourth-order valence-corrected chi connectivity index (χ4v) is 3.13. The molecule has 0 spiro atoms. The third-order valence-corrected chi connectivity index (χ3v) is 4.91. The molecule has 1 atom stereocenters. The van der Waals surface area contributed by atoms with Gasteiger partial charge in [0.2, 0.25) is 0 Å². The van der Waals surface area contributed by atoms with Crippen molar-refractivity contribution in [3.05, 3.63) is 65.2 Å². The lowest BCUT2D eigenvalue weighted by atomic mass is 10.1. The normalized spacial score (nSPS) is 15.2. The van der Waals surface area contributed by atoms with Gasteiger partial charge in [-0.1, -0.05) is 49.2 Å². The van der Waals surface area contributed by atoms with Crippen LogP contribution in [-0.2, 0) is 17.8 Å². The van der Waals surface area contributed by atoms with Gasteiger partial charge in [-0.3, -0.25) is 0 Å². The molecule has 1 unspecified atom stereocenters. The number of hydrogen-bond acceptors (Lipinski definition) is 5. The van der Waals surface area contributed by atoms with Crippen LogP contribution in [-0.4, -0.2) is 41.6 Å². The van der Waals surface area contributed by atoms with Crippen molar-refractivity contribution < 1.29 is 24.2 Å². The van der Waals surface area contributed by atoms with E-state index in [0.29, 0.717) is 25.1 Å². The average Bonchev–Trinajstić information content (AvgIpc) is 2.78. The number of aliphatic hydroxyl groups excluding tert-OH is 1. The number of ether oxygens (including phenoxy) is 1. The van der Waals surface area contributed by atoms with Crippen LogP contribution in [0.4, 0.5) is 0 Å². The van der Waals surface area contributed by atoms with E-state index in [-0.39, 0.29) is 24.5 Å². The van der Waals surface area contributed by atoms with Crippen molar-refractivity contribution in [1.82, 2.24) is 5.32 Å². The molecule has 2 aromatic rings. The number of nitrogens with one attached hydrogen (secondary N) is 1. The SMILES string of the molecule is [2H]C([2H])(CCCc1ccccc1)OCCCCCCNCC([2H])(O)c1ccc(O)c(CO)c1. The number of unbranched alkanes of at least 4 members (excludes halogenated alkanes) is 3. The highest BCUT2D eigenvalue weighted by molar-refractivity contribution is 5.36. The molecule has 4 N–H and O–H groups in total. The van der Waals surface area contributed by atoms with Gasteiger partial charge in [0.25, 0.3) is 0 Å². The number of hydrogen-bond donors (Lipinski definition) is 4. The van der Waals surface area contributed by atoms with Gasteiger partial charge in [0.1, 0.15) is 5.75 Å². The molecule has 5 nitrogen and oxygen atoms in total. The summed E-state index contributed by atoms with van der Waals surface area (Å²) in [6.45, 7) is -0.879. The summed E-state index contributed by atoms with van der Waals surface area (Å²) in [6, 6.07) is 14.3. The Hall–Kier alpha value is -1.92. The van der Waals surface area contributed by atoms with E-state index in [9.17, 15) is 15.3 Å². The van der Waals surface area contributed by atoms with Crippen LogP contribution < -0.4 is 5.32 Å². The molecule has 166 valence electrons. The molecule has 0 saturated heterocycles. The summed E-state index contributed by atoms with van der Waals surface area (Å²) < 4.78 is 29.5. The topological polar surface area (TPSA) is 82.0 Å². The van der Waals surface area contributed by atoms with E-state index in [0.717, 1.165) is 38.5 Å². The Kier molecular flexibility index (Phi) is 9.98. The van der Waals surface area contributed by atoms with E-state index < -0.39 is 12.6 Å². The van der Waals surface area contributed by atoms with Gasteiger partial charge in [-0.15, -0.1) is 0 Å². The molecule has 0 fully saturated rings. The first kappa shape index (κ1) is 20.0. The van der Waals surface area contributed by atoms with E-state index in [4.69, 9.17) is 8.85 Å². The Morgan fingerprint density at radius 2 is 1.80 bits per heavy atom. The van der Waals surface area contributed by atoms with Gasteiger partial charge in [-0.25, -0.2) is 0 Å². The van der Waals surface area contributed by atoms with Gasteiger partial charge in [-0.2, -0.15) is 0 Å². The van der Waals surface area contributed by atoms with Crippen molar-refractivity contribution in [3.63, 3.8) is 0 Å². The van der Waals surface area contributed by atoms with Crippen molar-refractivity contribution >= 4 is 0 Å². The number of aliphatic hydroxyl groups is 2. The highest BCUT2D eigenvalue weighted by atomic mass is 16.5. The summed E-state index contributed by atoms with van der Waals surface area (Å²) in [4.78, 5) is 0. The van der Waals surface area contributed by atoms with Crippen LogP contribution in [0, 0.1) is 0 Å². The summed E-state index contributed by atoms with van der Waals surface area (Å²) >= 11 is 0. The first-order chi connectivity index (χ1) is 15.7.